The van der Waals surface area contributed by atoms with Gasteiger partial charge in [-0.25, -0.2) is 4.79 Å². The minimum atomic E-state index is -0.105. The number of hydrogen-bond donors (Lipinski definition) is 1. The number of carbonyl (C=O) groups excluding carboxylic acids is 1. The van der Waals surface area contributed by atoms with Crippen molar-refractivity contribution < 1.29 is 4.79 Å². The van der Waals surface area contributed by atoms with Crippen molar-refractivity contribution in [2.24, 2.45) is 10.9 Å². The van der Waals surface area contributed by atoms with Crippen molar-refractivity contribution in [3.8, 4) is 0 Å². The van der Waals surface area contributed by atoms with Crippen LogP contribution < -0.4 is 10.3 Å². The predicted molar refractivity (Wildman–Crippen MR) is 87.9 cm³/mol. The molecule has 1 aliphatic heterocycles. The van der Waals surface area contributed by atoms with Gasteiger partial charge in [-0.15, -0.1) is 9.58 Å². The number of amidine groups is 1. The lowest BCUT2D eigenvalue weighted by atomic mass is 10.1. The van der Waals surface area contributed by atoms with Crippen LogP contribution in [0.4, 0.5) is 5.69 Å². The minimum absolute atomic E-state index is 0.105. The molecule has 0 aliphatic carbocycles. The van der Waals surface area contributed by atoms with Crippen molar-refractivity contribution in [2.45, 2.75) is 0 Å². The van der Waals surface area contributed by atoms with Crippen molar-refractivity contribution in [1.29, 1.82) is 0 Å². The fourth-order valence-electron chi connectivity index (χ4n) is 2.46. The topological polar surface area (TPSA) is 55.4 Å². The van der Waals surface area contributed by atoms with E-state index in [1.165, 1.54) is 11.8 Å². The summed E-state index contributed by atoms with van der Waals surface area (Å²) in [4.78, 5) is 12.1. The number of quaternary nitrogens is 1. The molecule has 0 saturated carbocycles. The summed E-state index contributed by atoms with van der Waals surface area (Å²) >= 11 is 1.38. The van der Waals surface area contributed by atoms with E-state index in [2.05, 4.69) is 5.10 Å². The molecule has 2 N–H and O–H groups in total. The van der Waals surface area contributed by atoms with Gasteiger partial charge in [-0.3, -0.25) is 0 Å². The second-order valence-corrected chi connectivity index (χ2v) is 5.40. The first kappa shape index (κ1) is 13.6. The first-order valence-electron chi connectivity index (χ1n) is 6.45. The fraction of sp³-hybridized carbons (Fsp3) is 0. The molecule has 0 fully saturated rings. The number of hydrazone groups is 1. The third-order valence-electron chi connectivity index (χ3n) is 3.46. The first-order chi connectivity index (χ1) is 10.3. The monoisotopic (exact) mass is 296 g/mol. The summed E-state index contributed by atoms with van der Waals surface area (Å²) in [7, 11) is 0. The molecule has 1 heterocycles. The van der Waals surface area contributed by atoms with Crippen molar-refractivity contribution in [2.75, 3.05) is 0 Å². The Hall–Kier alpha value is -2.37. The van der Waals surface area contributed by atoms with E-state index in [1.807, 2.05) is 66.1 Å². The van der Waals surface area contributed by atoms with Crippen LogP contribution in [0.1, 0.15) is 5.56 Å². The molecule has 2 aromatic carbocycles. The Morgan fingerprint density at radius 1 is 1.00 bits per heavy atom. The maximum absolute atomic E-state index is 12.1. The lowest BCUT2D eigenvalue weighted by molar-refractivity contribution is -0.112. The van der Waals surface area contributed by atoms with E-state index in [0.717, 1.165) is 23.4 Å². The van der Waals surface area contributed by atoms with Crippen LogP contribution in [0.15, 0.2) is 71.2 Å². The van der Waals surface area contributed by atoms with Crippen LogP contribution in [0.2, 0.25) is 0 Å². The summed E-state index contributed by atoms with van der Waals surface area (Å²) in [6.45, 7) is 0. The Morgan fingerprint density at radius 3 is 2.19 bits per heavy atom. The molecular weight excluding hydrogens is 282 g/mol. The highest BCUT2D eigenvalue weighted by molar-refractivity contribution is 8.17. The van der Waals surface area contributed by atoms with Crippen molar-refractivity contribution >= 4 is 34.7 Å². The molecule has 4 nitrogen and oxygen atoms in total. The third-order valence-corrected chi connectivity index (χ3v) is 4.40. The Kier molecular flexibility index (Phi) is 3.60. The zero-order valence-corrected chi connectivity index (χ0v) is 12.0. The van der Waals surface area contributed by atoms with Gasteiger partial charge in [-0.1, -0.05) is 36.4 Å². The molecule has 1 aliphatic rings. The molecule has 104 valence electrons. The summed E-state index contributed by atoms with van der Waals surface area (Å²) in [6, 6.07) is 19.3. The predicted octanol–water partition coefficient (Wildman–Crippen LogP) is 3.13. The summed E-state index contributed by atoms with van der Waals surface area (Å²) < 4.78 is -0.105. The lowest BCUT2D eigenvalue weighted by Gasteiger charge is -2.27. The molecule has 1 amide bonds. The molecule has 0 radical (unpaired) electrons. The Balaban J connectivity index is 2.23. The van der Waals surface area contributed by atoms with Crippen molar-refractivity contribution in [1.82, 2.24) is 4.48 Å². The summed E-state index contributed by atoms with van der Waals surface area (Å²) in [6.07, 6.45) is 0.875. The van der Waals surface area contributed by atoms with Crippen LogP contribution in [0.3, 0.4) is 0 Å². The van der Waals surface area contributed by atoms with Gasteiger partial charge in [0.25, 0.3) is 0 Å². The molecule has 21 heavy (non-hydrogen) atoms. The lowest BCUT2D eigenvalue weighted by Crippen LogP contribution is -2.47. The van der Waals surface area contributed by atoms with Crippen LogP contribution in [-0.4, -0.2) is 11.6 Å². The second kappa shape index (κ2) is 5.55. The zero-order valence-electron chi connectivity index (χ0n) is 11.2. The van der Waals surface area contributed by atoms with E-state index in [4.69, 9.17) is 5.84 Å². The normalized spacial score (nSPS) is 23.0. The summed E-state index contributed by atoms with van der Waals surface area (Å²) in [5.74, 6) is 5.52. The number of hydrogen-bond acceptors (Lipinski definition) is 4. The average molecular weight is 296 g/mol. The van der Waals surface area contributed by atoms with Crippen LogP contribution in [0.5, 0.6) is 0 Å². The number of nitrogens with two attached hydrogens (primary N) is 1. The van der Waals surface area contributed by atoms with Crippen LogP contribution in [0.25, 0.3) is 5.70 Å². The molecular formula is C16H14N3OS+. The van der Waals surface area contributed by atoms with Gasteiger partial charge in [-0.2, -0.15) is 0 Å². The maximum Gasteiger partial charge on any atom is 0.318 e. The number of amides is 1. The molecule has 3 rings (SSSR count). The smallest absolute Gasteiger partial charge is 0.317 e. The number of rotatable bonds is 3. The third kappa shape index (κ3) is 2.07. The van der Waals surface area contributed by atoms with Gasteiger partial charge in [-0.05, 0) is 23.9 Å². The summed E-state index contributed by atoms with van der Waals surface area (Å²) in [5.41, 5.74) is 2.64. The standard InChI is InChI=1S/C16H14N3OS/c17-18-16-19(12-20,14-9-5-2-6-10-14)15(11-21-16)13-7-3-1-4-8-13/h1-12H,17H2/q+1. The Morgan fingerprint density at radius 2 is 1.62 bits per heavy atom. The van der Waals surface area contributed by atoms with Crippen LogP contribution in [-0.2, 0) is 4.79 Å². The van der Waals surface area contributed by atoms with E-state index >= 15 is 0 Å². The first-order valence-corrected chi connectivity index (χ1v) is 7.33. The number of nitrogens with zero attached hydrogens (tertiary/aromatic N) is 2. The highest BCUT2D eigenvalue weighted by atomic mass is 32.2. The van der Waals surface area contributed by atoms with E-state index < -0.39 is 0 Å². The van der Waals surface area contributed by atoms with Gasteiger partial charge in [0.05, 0.1) is 0 Å². The second-order valence-electron chi connectivity index (χ2n) is 4.56. The fourth-order valence-corrected chi connectivity index (χ4v) is 3.45. The zero-order chi connectivity index (χ0) is 14.7. The van der Waals surface area contributed by atoms with Gasteiger partial charge < -0.3 is 5.84 Å². The van der Waals surface area contributed by atoms with E-state index in [9.17, 15) is 4.79 Å². The molecule has 1 atom stereocenters. The molecule has 1 unspecified atom stereocenters. The molecule has 2 aromatic rings. The SMILES string of the molecule is NN=C1SC=C(c2ccccc2)[N+]1(C=O)c1ccccc1. The van der Waals surface area contributed by atoms with Crippen molar-refractivity contribution in [3.05, 3.63) is 71.6 Å². The summed E-state index contributed by atoms with van der Waals surface area (Å²) in [5, 5.41) is 6.30. The van der Waals surface area contributed by atoms with Gasteiger partial charge in [0.2, 0.25) is 0 Å². The number of thioether (sulfide) groups is 1. The van der Waals surface area contributed by atoms with E-state index in [1.54, 1.807) is 0 Å². The molecule has 0 spiro atoms. The van der Waals surface area contributed by atoms with Crippen LogP contribution >= 0.6 is 11.8 Å². The average Bonchev–Trinajstić information content (AvgIpc) is 2.96. The van der Waals surface area contributed by atoms with E-state index in [-0.39, 0.29) is 4.48 Å². The Labute approximate surface area is 127 Å². The van der Waals surface area contributed by atoms with Gasteiger partial charge in [0.15, 0.2) is 11.4 Å². The highest BCUT2D eigenvalue weighted by Gasteiger charge is 2.47. The largest absolute Gasteiger partial charge is 0.318 e. The maximum atomic E-state index is 12.1. The van der Waals surface area contributed by atoms with Crippen LogP contribution in [0, 0.1) is 0 Å². The van der Waals surface area contributed by atoms with Gasteiger partial charge in [0.1, 0.15) is 0 Å². The van der Waals surface area contributed by atoms with E-state index in [0.29, 0.717) is 5.17 Å². The van der Waals surface area contributed by atoms with Gasteiger partial charge >= 0.3 is 11.6 Å². The minimum Gasteiger partial charge on any atom is -0.317 e. The quantitative estimate of drug-likeness (QED) is 0.410. The molecule has 0 saturated heterocycles. The number of benzene rings is 2. The number of carbonyl (C=O) groups is 1. The molecule has 5 heteroatoms. The van der Waals surface area contributed by atoms with Crippen molar-refractivity contribution in [3.63, 3.8) is 0 Å². The molecule has 0 bridgehead atoms. The Bertz CT molecular complexity index is 713. The van der Waals surface area contributed by atoms with Gasteiger partial charge in [0, 0.05) is 23.1 Å². The number of para-hydroxylation sites is 1. The highest BCUT2D eigenvalue weighted by Crippen LogP contribution is 2.43. The molecule has 0 aromatic heterocycles.